The van der Waals surface area contributed by atoms with Gasteiger partial charge in [0.15, 0.2) is 0 Å². The van der Waals surface area contributed by atoms with E-state index in [-0.39, 0.29) is 11.3 Å². The zero-order chi connectivity index (χ0) is 19.5. The van der Waals surface area contributed by atoms with Crippen molar-refractivity contribution in [2.45, 2.75) is 74.1 Å². The Hall–Kier alpha value is -1.37. The van der Waals surface area contributed by atoms with Crippen LogP contribution in [0, 0.1) is 29.1 Å². The Bertz CT molecular complexity index is 642. The normalized spacial score (nSPS) is 16.6. The van der Waals surface area contributed by atoms with Crippen molar-refractivity contribution in [1.29, 1.82) is 0 Å². The highest BCUT2D eigenvalue weighted by molar-refractivity contribution is 5.82. The first-order chi connectivity index (χ1) is 12.1. The molecule has 0 fully saturated rings. The molecule has 2 rings (SSSR count). The lowest BCUT2D eigenvalue weighted by Crippen LogP contribution is -2.34. The van der Waals surface area contributed by atoms with Crippen molar-refractivity contribution in [3.8, 4) is 0 Å². The quantitative estimate of drug-likeness (QED) is 0.493. The van der Waals surface area contributed by atoms with Gasteiger partial charge in [-0.1, -0.05) is 78.8 Å². The summed E-state index contributed by atoms with van der Waals surface area (Å²) >= 11 is 0. The summed E-state index contributed by atoms with van der Waals surface area (Å²) in [5.41, 5.74) is 4.33. The van der Waals surface area contributed by atoms with Crippen molar-refractivity contribution in [3.05, 3.63) is 41.5 Å². The van der Waals surface area contributed by atoms with E-state index in [4.69, 9.17) is 0 Å². The molecule has 0 bridgehead atoms. The fourth-order valence-corrected chi connectivity index (χ4v) is 5.03. The van der Waals surface area contributed by atoms with Crippen LogP contribution in [0.1, 0.15) is 78.9 Å². The predicted octanol–water partition coefficient (Wildman–Crippen LogP) is 6.96. The predicted molar refractivity (Wildman–Crippen MR) is 113 cm³/mol. The van der Waals surface area contributed by atoms with Crippen LogP contribution >= 0.6 is 0 Å². The van der Waals surface area contributed by atoms with Crippen molar-refractivity contribution in [1.82, 2.24) is 0 Å². The summed E-state index contributed by atoms with van der Waals surface area (Å²) in [7, 11) is 0. The second-order valence-corrected chi connectivity index (χ2v) is 10.0. The van der Waals surface area contributed by atoms with E-state index in [1.54, 1.807) is 0 Å². The zero-order valence-electron chi connectivity index (χ0n) is 17.9. The summed E-state index contributed by atoms with van der Waals surface area (Å²) < 4.78 is 0. The number of benzene rings is 1. The molecule has 2 atom stereocenters. The van der Waals surface area contributed by atoms with E-state index in [0.29, 0.717) is 23.5 Å². The largest absolute Gasteiger partial charge is 0.299 e. The standard InChI is InChI=1S/C25H38O/c1-17(2)14-19(16-23(26)24(18(3)4)25(5,6)7)15-21-13-12-20-10-8-9-11-22(20)21/h8-11,13,17-19,24H,12,14-16H2,1-7H3/t19-,24-/m1/s1. The second kappa shape index (κ2) is 8.55. The molecule has 0 aliphatic heterocycles. The van der Waals surface area contributed by atoms with Gasteiger partial charge in [0.05, 0.1) is 0 Å². The van der Waals surface area contributed by atoms with Gasteiger partial charge in [0, 0.05) is 12.3 Å². The van der Waals surface area contributed by atoms with Gasteiger partial charge in [-0.05, 0) is 59.1 Å². The minimum Gasteiger partial charge on any atom is -0.299 e. The minimum atomic E-state index is 0.0346. The number of carbonyl (C=O) groups is 1. The van der Waals surface area contributed by atoms with Crippen molar-refractivity contribution in [2.75, 3.05) is 0 Å². The van der Waals surface area contributed by atoms with E-state index in [2.05, 4.69) is 78.8 Å². The molecule has 0 unspecified atom stereocenters. The third-order valence-corrected chi connectivity index (χ3v) is 5.68. The van der Waals surface area contributed by atoms with Gasteiger partial charge in [0.2, 0.25) is 0 Å². The third-order valence-electron chi connectivity index (χ3n) is 5.68. The van der Waals surface area contributed by atoms with Crippen molar-refractivity contribution >= 4 is 11.4 Å². The molecule has 1 heteroatoms. The van der Waals surface area contributed by atoms with Crippen molar-refractivity contribution < 1.29 is 4.79 Å². The Balaban J connectivity index is 2.14. The van der Waals surface area contributed by atoms with E-state index < -0.39 is 0 Å². The van der Waals surface area contributed by atoms with Crippen LogP contribution in [-0.2, 0) is 11.2 Å². The van der Waals surface area contributed by atoms with E-state index >= 15 is 0 Å². The highest BCUT2D eigenvalue weighted by Gasteiger charge is 2.34. The number of rotatable bonds is 8. The van der Waals surface area contributed by atoms with Crippen LogP contribution in [0.5, 0.6) is 0 Å². The Labute approximate surface area is 161 Å². The molecule has 0 N–H and O–H groups in total. The lowest BCUT2D eigenvalue weighted by Gasteiger charge is -2.34. The fraction of sp³-hybridized carbons (Fsp3) is 0.640. The number of hydrogen-bond acceptors (Lipinski definition) is 1. The van der Waals surface area contributed by atoms with Gasteiger partial charge in [-0.3, -0.25) is 4.79 Å². The lowest BCUT2D eigenvalue weighted by molar-refractivity contribution is -0.129. The molecule has 0 amide bonds. The number of Topliss-reactive ketones (excluding diaryl/α,β-unsaturated/α-hetero) is 1. The van der Waals surface area contributed by atoms with E-state index in [1.165, 1.54) is 16.7 Å². The molecule has 0 aromatic heterocycles. The van der Waals surface area contributed by atoms with Crippen molar-refractivity contribution in [3.63, 3.8) is 0 Å². The molecule has 0 saturated heterocycles. The molecule has 144 valence electrons. The number of ketones is 1. The van der Waals surface area contributed by atoms with Gasteiger partial charge in [0.1, 0.15) is 5.78 Å². The van der Waals surface area contributed by atoms with Crippen molar-refractivity contribution in [2.24, 2.45) is 29.1 Å². The number of hydrogen-bond donors (Lipinski definition) is 0. The van der Waals surface area contributed by atoms with Crippen LogP contribution in [-0.4, -0.2) is 5.78 Å². The molecule has 0 saturated carbocycles. The average molecular weight is 355 g/mol. The molecule has 1 aliphatic carbocycles. The molecular formula is C25H38O. The number of allylic oxidation sites excluding steroid dienone is 2. The maximum absolute atomic E-state index is 13.2. The Kier molecular flexibility index (Phi) is 6.88. The van der Waals surface area contributed by atoms with Crippen LogP contribution in [0.2, 0.25) is 0 Å². The van der Waals surface area contributed by atoms with Crippen LogP contribution in [0.3, 0.4) is 0 Å². The maximum atomic E-state index is 13.2. The second-order valence-electron chi connectivity index (χ2n) is 10.0. The van der Waals surface area contributed by atoms with Gasteiger partial charge < -0.3 is 0 Å². The molecule has 1 aliphatic rings. The summed E-state index contributed by atoms with van der Waals surface area (Å²) in [6.45, 7) is 15.6. The summed E-state index contributed by atoms with van der Waals surface area (Å²) in [5, 5.41) is 0. The van der Waals surface area contributed by atoms with Crippen LogP contribution in [0.15, 0.2) is 30.3 Å². The Morgan fingerprint density at radius 3 is 2.31 bits per heavy atom. The first-order valence-corrected chi connectivity index (χ1v) is 10.4. The van der Waals surface area contributed by atoms with E-state index in [9.17, 15) is 4.79 Å². The average Bonchev–Trinajstić information content (AvgIpc) is 2.87. The fourth-order valence-electron chi connectivity index (χ4n) is 5.03. The SMILES string of the molecule is CC(C)C[C@@H](CC(=O)[C@@H](C(C)C)C(C)(C)C)CC1=CCc2ccccc21. The summed E-state index contributed by atoms with van der Waals surface area (Å²) in [6.07, 6.45) is 6.31. The van der Waals surface area contributed by atoms with Gasteiger partial charge >= 0.3 is 0 Å². The smallest absolute Gasteiger partial charge is 0.137 e. The number of carbonyl (C=O) groups excluding carboxylic acids is 1. The molecule has 0 spiro atoms. The summed E-state index contributed by atoms with van der Waals surface area (Å²) in [4.78, 5) is 13.2. The topological polar surface area (TPSA) is 17.1 Å². The molecule has 1 aromatic carbocycles. The third kappa shape index (κ3) is 5.32. The van der Waals surface area contributed by atoms with Gasteiger partial charge in [0.25, 0.3) is 0 Å². The van der Waals surface area contributed by atoms with Gasteiger partial charge in [-0.25, -0.2) is 0 Å². The monoisotopic (exact) mass is 354 g/mol. The molecule has 1 nitrogen and oxygen atoms in total. The van der Waals surface area contributed by atoms with Crippen LogP contribution in [0.25, 0.3) is 5.57 Å². The molecule has 0 radical (unpaired) electrons. The van der Waals surface area contributed by atoms with E-state index in [1.807, 2.05) is 0 Å². The van der Waals surface area contributed by atoms with Crippen LogP contribution < -0.4 is 0 Å². The summed E-state index contributed by atoms with van der Waals surface area (Å²) in [5.74, 6) is 2.07. The van der Waals surface area contributed by atoms with Gasteiger partial charge in [-0.2, -0.15) is 0 Å². The summed E-state index contributed by atoms with van der Waals surface area (Å²) in [6, 6.07) is 8.74. The lowest BCUT2D eigenvalue weighted by atomic mass is 9.69. The molecule has 1 aromatic rings. The first-order valence-electron chi connectivity index (χ1n) is 10.4. The van der Waals surface area contributed by atoms with E-state index in [0.717, 1.165) is 25.7 Å². The van der Waals surface area contributed by atoms with Gasteiger partial charge in [-0.15, -0.1) is 0 Å². The minimum absolute atomic E-state index is 0.0346. The molecule has 26 heavy (non-hydrogen) atoms. The Morgan fingerprint density at radius 1 is 1.08 bits per heavy atom. The first kappa shape index (κ1) is 20.9. The Morgan fingerprint density at radius 2 is 1.73 bits per heavy atom. The van der Waals surface area contributed by atoms with Crippen LogP contribution in [0.4, 0.5) is 0 Å². The highest BCUT2D eigenvalue weighted by Crippen LogP contribution is 2.38. The zero-order valence-corrected chi connectivity index (χ0v) is 17.9. The highest BCUT2D eigenvalue weighted by atomic mass is 16.1. The molecular weight excluding hydrogens is 316 g/mol. The maximum Gasteiger partial charge on any atom is 0.137 e. The molecule has 0 heterocycles. The number of fused-ring (bicyclic) bond motifs is 1.